The van der Waals surface area contributed by atoms with Gasteiger partial charge in [-0.25, -0.2) is 0 Å². The average Bonchev–Trinajstić information content (AvgIpc) is 3.30. The van der Waals surface area contributed by atoms with Gasteiger partial charge in [0.1, 0.15) is 11.5 Å². The summed E-state index contributed by atoms with van der Waals surface area (Å²) in [6.07, 6.45) is -1.45. The largest absolute Gasteiger partial charge is 0.394 e. The molecule has 3 aromatic rings. The summed E-state index contributed by atoms with van der Waals surface area (Å²) in [5.41, 5.74) is 3.10. The lowest BCUT2D eigenvalue weighted by molar-refractivity contribution is 0.0573. The van der Waals surface area contributed by atoms with Crippen molar-refractivity contribution in [3.05, 3.63) is 36.4 Å². The molecule has 5 rings (SSSR count). The van der Waals surface area contributed by atoms with Gasteiger partial charge >= 0.3 is 0 Å². The number of aromatic nitrogens is 3. The number of piperazine rings is 2. The molecule has 0 bridgehead atoms. The quantitative estimate of drug-likeness (QED) is 0.293. The molecule has 4 N–H and O–H groups in total. The average molecular weight is 526 g/mol. The molecule has 38 heavy (non-hydrogen) atoms. The molecular weight excluding hydrogens is 486 g/mol. The van der Waals surface area contributed by atoms with Crippen molar-refractivity contribution in [3.63, 3.8) is 0 Å². The highest BCUT2D eigenvalue weighted by atomic mass is 16.3. The van der Waals surface area contributed by atoms with Gasteiger partial charge in [-0.15, -0.1) is 0 Å². The van der Waals surface area contributed by atoms with Crippen LogP contribution in [-0.4, -0.2) is 136 Å². The first-order chi connectivity index (χ1) is 18.5. The molecule has 4 heterocycles. The second kappa shape index (κ2) is 11.9. The number of hydrogen-bond donors (Lipinski definition) is 4. The van der Waals surface area contributed by atoms with Crippen LogP contribution in [0.4, 0.5) is 11.8 Å². The molecule has 0 radical (unpaired) electrons. The molecule has 2 unspecified atom stereocenters. The summed E-state index contributed by atoms with van der Waals surface area (Å²) in [7, 11) is 2.05. The number of β-amino-alcohol motifs (C(OH)–C–C–N with tert-alkyl or cyclic N) is 2. The molecule has 2 fully saturated rings. The Morgan fingerprint density at radius 2 is 1.32 bits per heavy atom. The van der Waals surface area contributed by atoms with Crippen molar-refractivity contribution >= 4 is 22.8 Å². The zero-order chi connectivity index (χ0) is 26.6. The van der Waals surface area contributed by atoms with E-state index in [2.05, 4.69) is 42.4 Å². The normalized spacial score (nSPS) is 19.3. The lowest BCUT2D eigenvalue weighted by atomic mass is 10.1. The van der Waals surface area contributed by atoms with Crippen LogP contribution in [-0.2, 0) is 7.05 Å². The Hall–Kier alpha value is -2.80. The van der Waals surface area contributed by atoms with E-state index in [4.69, 9.17) is 9.97 Å². The lowest BCUT2D eigenvalue weighted by Crippen LogP contribution is -2.50. The van der Waals surface area contributed by atoms with Crippen LogP contribution in [0.15, 0.2) is 36.4 Å². The molecule has 0 amide bonds. The van der Waals surface area contributed by atoms with E-state index in [0.29, 0.717) is 19.0 Å². The smallest absolute Gasteiger partial charge is 0.229 e. The topological polar surface area (TPSA) is 125 Å². The van der Waals surface area contributed by atoms with Crippen molar-refractivity contribution in [1.29, 1.82) is 0 Å². The molecule has 2 aromatic heterocycles. The van der Waals surface area contributed by atoms with Gasteiger partial charge in [-0.1, -0.05) is 30.3 Å². The van der Waals surface area contributed by atoms with E-state index in [1.54, 1.807) is 0 Å². The molecule has 206 valence electrons. The number of hydrogen-bond acceptors (Lipinski definition) is 10. The molecule has 11 nitrogen and oxygen atoms in total. The number of aliphatic hydroxyl groups excluding tert-OH is 4. The first-order valence-corrected chi connectivity index (χ1v) is 13.4. The van der Waals surface area contributed by atoms with E-state index in [1.807, 2.05) is 25.2 Å². The Labute approximate surface area is 223 Å². The van der Waals surface area contributed by atoms with Crippen LogP contribution >= 0.6 is 0 Å². The van der Waals surface area contributed by atoms with Gasteiger partial charge < -0.3 is 34.8 Å². The zero-order valence-electron chi connectivity index (χ0n) is 22.0. The maximum Gasteiger partial charge on any atom is 0.229 e. The third-order valence-electron chi connectivity index (χ3n) is 7.61. The number of anilines is 2. The van der Waals surface area contributed by atoms with Crippen LogP contribution < -0.4 is 9.80 Å². The fraction of sp³-hybridized carbons (Fsp3) is 0.556. The van der Waals surface area contributed by atoms with Crippen LogP contribution in [0.25, 0.3) is 22.3 Å². The summed E-state index contributed by atoms with van der Waals surface area (Å²) in [5, 5.41) is 39.1. The predicted octanol–water partition coefficient (Wildman–Crippen LogP) is -0.414. The Morgan fingerprint density at radius 1 is 0.763 bits per heavy atom. The van der Waals surface area contributed by atoms with Gasteiger partial charge in [0.25, 0.3) is 0 Å². The van der Waals surface area contributed by atoms with Crippen molar-refractivity contribution < 1.29 is 20.4 Å². The van der Waals surface area contributed by atoms with E-state index < -0.39 is 12.2 Å². The summed E-state index contributed by atoms with van der Waals surface area (Å²) in [6, 6.07) is 12.5. The van der Waals surface area contributed by atoms with Crippen LogP contribution in [0, 0.1) is 0 Å². The third kappa shape index (κ3) is 5.78. The van der Waals surface area contributed by atoms with Gasteiger partial charge in [0.15, 0.2) is 0 Å². The van der Waals surface area contributed by atoms with Gasteiger partial charge in [-0.2, -0.15) is 9.97 Å². The molecule has 2 atom stereocenters. The number of aliphatic hydroxyl groups is 4. The van der Waals surface area contributed by atoms with E-state index in [9.17, 15) is 20.4 Å². The van der Waals surface area contributed by atoms with Gasteiger partial charge in [0.05, 0.1) is 36.5 Å². The maximum atomic E-state index is 9.87. The molecule has 1 aromatic carbocycles. The van der Waals surface area contributed by atoms with Gasteiger partial charge in [-0.05, 0) is 11.6 Å². The monoisotopic (exact) mass is 525 g/mol. The molecule has 0 spiro atoms. The van der Waals surface area contributed by atoms with Gasteiger partial charge in [0, 0.05) is 72.5 Å². The zero-order valence-corrected chi connectivity index (χ0v) is 22.0. The first-order valence-electron chi connectivity index (χ1n) is 13.4. The summed E-state index contributed by atoms with van der Waals surface area (Å²) in [4.78, 5) is 19.0. The fourth-order valence-electron chi connectivity index (χ4n) is 5.42. The minimum absolute atomic E-state index is 0.228. The van der Waals surface area contributed by atoms with Gasteiger partial charge in [-0.3, -0.25) is 9.80 Å². The molecule has 2 aliphatic heterocycles. The van der Waals surface area contributed by atoms with E-state index >= 15 is 0 Å². The van der Waals surface area contributed by atoms with Crippen molar-refractivity contribution in [2.45, 2.75) is 12.2 Å². The molecule has 11 heteroatoms. The van der Waals surface area contributed by atoms with E-state index in [1.165, 1.54) is 0 Å². The van der Waals surface area contributed by atoms with Crippen LogP contribution in [0.1, 0.15) is 0 Å². The fourth-order valence-corrected chi connectivity index (χ4v) is 5.42. The molecule has 0 aliphatic carbocycles. The third-order valence-corrected chi connectivity index (χ3v) is 7.61. The highest BCUT2D eigenvalue weighted by molar-refractivity contribution is 5.94. The highest BCUT2D eigenvalue weighted by Gasteiger charge is 2.27. The molecule has 2 saturated heterocycles. The van der Waals surface area contributed by atoms with Crippen molar-refractivity contribution in [2.75, 3.05) is 88.5 Å². The Morgan fingerprint density at radius 3 is 1.87 bits per heavy atom. The number of aryl methyl sites for hydroxylation is 1. The Balaban J connectivity index is 1.44. The Bertz CT molecular complexity index is 1190. The number of fused-ring (bicyclic) bond motifs is 1. The van der Waals surface area contributed by atoms with Crippen LogP contribution in [0.5, 0.6) is 0 Å². The summed E-state index contributed by atoms with van der Waals surface area (Å²) in [5.74, 6) is 1.62. The second-order valence-corrected chi connectivity index (χ2v) is 10.3. The summed E-state index contributed by atoms with van der Waals surface area (Å²) in [6.45, 7) is 6.59. The first kappa shape index (κ1) is 26.8. The predicted molar refractivity (Wildman–Crippen MR) is 147 cm³/mol. The lowest BCUT2D eigenvalue weighted by Gasteiger charge is -2.37. The molecule has 0 saturated carbocycles. The summed E-state index contributed by atoms with van der Waals surface area (Å²) < 4.78 is 2.14. The minimum atomic E-state index is -0.724. The molecule has 2 aliphatic rings. The van der Waals surface area contributed by atoms with Crippen LogP contribution in [0.2, 0.25) is 0 Å². The number of nitrogens with zero attached hydrogens (tertiary/aromatic N) is 7. The molecular formula is C27H39N7O4. The standard InChI is InChI=1S/C27H39N7O4/c1-30-24(20-5-3-2-4-6-20)15-23-25(30)28-27(34-13-9-32(10-14-34)17-22(38)19-36)29-26(23)33-11-7-31(8-12-33)16-21(37)18-35/h2-6,15,21-22,35-38H,7-14,16-19H2,1H3. The van der Waals surface area contributed by atoms with E-state index in [0.717, 1.165) is 80.5 Å². The summed E-state index contributed by atoms with van der Waals surface area (Å²) >= 11 is 0. The Kier molecular flexibility index (Phi) is 8.42. The van der Waals surface area contributed by atoms with Crippen molar-refractivity contribution in [3.8, 4) is 11.3 Å². The number of rotatable bonds is 9. The van der Waals surface area contributed by atoms with Gasteiger partial charge in [0.2, 0.25) is 5.95 Å². The van der Waals surface area contributed by atoms with Crippen molar-refractivity contribution in [2.24, 2.45) is 7.05 Å². The van der Waals surface area contributed by atoms with Crippen molar-refractivity contribution in [1.82, 2.24) is 24.3 Å². The highest BCUT2D eigenvalue weighted by Crippen LogP contribution is 2.34. The van der Waals surface area contributed by atoms with Crippen LogP contribution in [0.3, 0.4) is 0 Å². The minimum Gasteiger partial charge on any atom is -0.394 e. The SMILES string of the molecule is Cn1c(-c2ccccc2)cc2c(N3CCN(CC(O)CO)CC3)nc(N3CCN(CC(O)CO)CC3)nc21. The second-order valence-electron chi connectivity index (χ2n) is 10.3. The maximum absolute atomic E-state index is 9.87. The van der Waals surface area contributed by atoms with E-state index in [-0.39, 0.29) is 13.2 Å². The number of benzene rings is 1.